The fraction of sp³-hybridized carbons (Fsp3) is 0.714. The van der Waals surface area contributed by atoms with Gasteiger partial charge in [0.15, 0.2) is 0 Å². The molecule has 0 amide bonds. The molecule has 6 heteroatoms. The van der Waals surface area contributed by atoms with Crippen LogP contribution in [-0.4, -0.2) is 20.0 Å². The Labute approximate surface area is 125 Å². The summed E-state index contributed by atoms with van der Waals surface area (Å²) in [5, 5.41) is 5.27. The van der Waals surface area contributed by atoms with Gasteiger partial charge < -0.3 is 5.32 Å². The van der Waals surface area contributed by atoms with Crippen molar-refractivity contribution in [3.8, 4) is 0 Å². The van der Waals surface area contributed by atoms with E-state index in [1.165, 1.54) is 24.2 Å². The van der Waals surface area contributed by atoms with Crippen molar-refractivity contribution in [1.29, 1.82) is 0 Å². The van der Waals surface area contributed by atoms with Crippen LogP contribution in [0.25, 0.3) is 0 Å². The van der Waals surface area contributed by atoms with Gasteiger partial charge in [-0.2, -0.15) is 0 Å². The van der Waals surface area contributed by atoms with Gasteiger partial charge in [-0.1, -0.05) is 6.92 Å². The molecule has 0 saturated heterocycles. The third-order valence-electron chi connectivity index (χ3n) is 4.46. The van der Waals surface area contributed by atoms with Crippen LogP contribution in [-0.2, 0) is 16.6 Å². The zero-order valence-electron chi connectivity index (χ0n) is 11.8. The summed E-state index contributed by atoms with van der Waals surface area (Å²) >= 11 is 1.52. The Morgan fingerprint density at radius 2 is 2.15 bits per heavy atom. The monoisotopic (exact) mass is 314 g/mol. The molecule has 0 bridgehead atoms. The van der Waals surface area contributed by atoms with Crippen LogP contribution in [0.3, 0.4) is 0 Å². The molecule has 2 fully saturated rings. The van der Waals surface area contributed by atoms with Crippen molar-refractivity contribution in [3.63, 3.8) is 0 Å². The molecule has 0 unspecified atom stereocenters. The Morgan fingerprint density at radius 1 is 1.40 bits per heavy atom. The number of hydrogen-bond acceptors (Lipinski definition) is 4. The first-order chi connectivity index (χ1) is 9.55. The highest BCUT2D eigenvalue weighted by Gasteiger charge is 2.39. The standard InChI is InChI=1S/C14H22N2O2S2/c1-2-14(7-3-8-14)16-20(17,18)13-6-9-19-12(13)10-15-11-4-5-11/h6,9,11,15-16H,2-5,7-8,10H2,1H3. The first-order valence-corrected chi connectivity index (χ1v) is 9.75. The minimum atomic E-state index is -3.39. The molecule has 1 heterocycles. The summed E-state index contributed by atoms with van der Waals surface area (Å²) in [6.07, 6.45) is 6.34. The molecule has 1 aromatic rings. The van der Waals surface area contributed by atoms with Crippen molar-refractivity contribution in [2.45, 2.75) is 68.5 Å². The molecule has 2 saturated carbocycles. The van der Waals surface area contributed by atoms with Crippen molar-refractivity contribution in [3.05, 3.63) is 16.3 Å². The topological polar surface area (TPSA) is 58.2 Å². The lowest BCUT2D eigenvalue weighted by molar-refractivity contribution is 0.214. The molecular formula is C14H22N2O2S2. The molecule has 0 atom stereocenters. The second kappa shape index (κ2) is 5.40. The Hall–Kier alpha value is -0.430. The zero-order valence-corrected chi connectivity index (χ0v) is 13.4. The van der Waals surface area contributed by atoms with Crippen molar-refractivity contribution < 1.29 is 8.42 Å². The Balaban J connectivity index is 1.74. The normalized spacial score (nSPS) is 21.6. The molecule has 1 aromatic heterocycles. The van der Waals surface area contributed by atoms with E-state index in [1.54, 1.807) is 6.07 Å². The van der Waals surface area contributed by atoms with Crippen molar-refractivity contribution in [2.24, 2.45) is 0 Å². The quantitative estimate of drug-likeness (QED) is 0.813. The summed E-state index contributed by atoms with van der Waals surface area (Å²) in [6.45, 7) is 2.72. The van der Waals surface area contributed by atoms with Gasteiger partial charge in [-0.3, -0.25) is 0 Å². The predicted molar refractivity (Wildman–Crippen MR) is 81.4 cm³/mol. The molecule has 3 rings (SSSR count). The van der Waals surface area contributed by atoms with E-state index in [0.717, 1.165) is 30.6 Å². The molecule has 0 spiro atoms. The lowest BCUT2D eigenvalue weighted by Crippen LogP contribution is -2.52. The van der Waals surface area contributed by atoms with Gasteiger partial charge in [0.1, 0.15) is 0 Å². The molecule has 2 aliphatic rings. The number of nitrogens with one attached hydrogen (secondary N) is 2. The molecule has 0 radical (unpaired) electrons. The first kappa shape index (κ1) is 14.5. The predicted octanol–water partition coefficient (Wildman–Crippen LogP) is 2.61. The fourth-order valence-corrected chi connectivity index (χ4v) is 5.62. The average molecular weight is 314 g/mol. The fourth-order valence-electron chi connectivity index (χ4n) is 2.69. The van der Waals surface area contributed by atoms with E-state index in [0.29, 0.717) is 17.5 Å². The maximum atomic E-state index is 12.6. The van der Waals surface area contributed by atoms with Crippen molar-refractivity contribution in [1.82, 2.24) is 10.0 Å². The lowest BCUT2D eigenvalue weighted by Gasteiger charge is -2.41. The number of rotatable bonds is 7. The van der Waals surface area contributed by atoms with E-state index < -0.39 is 10.0 Å². The van der Waals surface area contributed by atoms with Gasteiger partial charge in [-0.25, -0.2) is 13.1 Å². The second-order valence-electron chi connectivity index (χ2n) is 5.96. The lowest BCUT2D eigenvalue weighted by atomic mass is 9.76. The molecule has 2 aliphatic carbocycles. The summed E-state index contributed by atoms with van der Waals surface area (Å²) in [6, 6.07) is 2.33. The first-order valence-electron chi connectivity index (χ1n) is 7.38. The summed E-state index contributed by atoms with van der Waals surface area (Å²) in [7, 11) is -3.39. The number of thiophene rings is 1. The maximum Gasteiger partial charge on any atom is 0.242 e. The Kier molecular flexibility index (Phi) is 3.92. The van der Waals surface area contributed by atoms with Gasteiger partial charge in [0, 0.05) is 23.0 Å². The highest BCUT2D eigenvalue weighted by atomic mass is 32.2. The van der Waals surface area contributed by atoms with Crippen LogP contribution in [0.15, 0.2) is 16.3 Å². The smallest absolute Gasteiger partial charge is 0.242 e. The Bertz CT molecular complexity index is 566. The summed E-state index contributed by atoms with van der Waals surface area (Å²) in [5.74, 6) is 0. The van der Waals surface area contributed by atoms with Crippen LogP contribution in [0.5, 0.6) is 0 Å². The van der Waals surface area contributed by atoms with Crippen LogP contribution >= 0.6 is 11.3 Å². The van der Waals surface area contributed by atoms with Crippen LogP contribution in [0, 0.1) is 0 Å². The highest BCUT2D eigenvalue weighted by molar-refractivity contribution is 7.89. The molecular weight excluding hydrogens is 292 g/mol. The van der Waals surface area contributed by atoms with Crippen LogP contribution < -0.4 is 10.0 Å². The van der Waals surface area contributed by atoms with E-state index in [4.69, 9.17) is 0 Å². The summed E-state index contributed by atoms with van der Waals surface area (Å²) < 4.78 is 28.2. The Morgan fingerprint density at radius 3 is 2.70 bits per heavy atom. The van der Waals surface area contributed by atoms with Gasteiger partial charge in [0.05, 0.1) is 4.90 Å². The van der Waals surface area contributed by atoms with Crippen LogP contribution in [0.4, 0.5) is 0 Å². The van der Waals surface area contributed by atoms with Gasteiger partial charge in [0.25, 0.3) is 0 Å². The van der Waals surface area contributed by atoms with Gasteiger partial charge in [0.2, 0.25) is 10.0 Å². The molecule has 0 aliphatic heterocycles. The largest absolute Gasteiger partial charge is 0.309 e. The molecule has 112 valence electrons. The van der Waals surface area contributed by atoms with E-state index in [-0.39, 0.29) is 5.54 Å². The third kappa shape index (κ3) is 2.93. The third-order valence-corrected chi connectivity index (χ3v) is 7.17. The van der Waals surface area contributed by atoms with Crippen molar-refractivity contribution >= 4 is 21.4 Å². The van der Waals surface area contributed by atoms with E-state index in [2.05, 4.69) is 17.0 Å². The minimum absolute atomic E-state index is 0.192. The zero-order chi connectivity index (χ0) is 14.2. The number of sulfonamides is 1. The minimum Gasteiger partial charge on any atom is -0.309 e. The second-order valence-corrected chi connectivity index (χ2v) is 8.61. The number of hydrogen-bond donors (Lipinski definition) is 2. The summed E-state index contributed by atoms with van der Waals surface area (Å²) in [4.78, 5) is 1.39. The van der Waals surface area contributed by atoms with Gasteiger partial charge in [-0.15, -0.1) is 11.3 Å². The summed E-state index contributed by atoms with van der Waals surface area (Å²) in [5.41, 5.74) is -0.192. The molecule has 0 aromatic carbocycles. The average Bonchev–Trinajstić information content (AvgIpc) is 3.07. The van der Waals surface area contributed by atoms with Gasteiger partial charge >= 0.3 is 0 Å². The SMILES string of the molecule is CCC1(NS(=O)(=O)c2ccsc2CNC2CC2)CCC1. The molecule has 2 N–H and O–H groups in total. The van der Waals surface area contributed by atoms with E-state index in [9.17, 15) is 8.42 Å². The molecule has 4 nitrogen and oxygen atoms in total. The van der Waals surface area contributed by atoms with E-state index >= 15 is 0 Å². The molecule has 20 heavy (non-hydrogen) atoms. The van der Waals surface area contributed by atoms with Crippen LogP contribution in [0.1, 0.15) is 50.3 Å². The van der Waals surface area contributed by atoms with E-state index in [1.807, 2.05) is 5.38 Å². The van der Waals surface area contributed by atoms with Crippen LogP contribution in [0.2, 0.25) is 0 Å². The van der Waals surface area contributed by atoms with Crippen molar-refractivity contribution in [2.75, 3.05) is 0 Å². The maximum absolute atomic E-state index is 12.6. The highest BCUT2D eigenvalue weighted by Crippen LogP contribution is 2.36. The van der Waals surface area contributed by atoms with Gasteiger partial charge in [-0.05, 0) is 50.0 Å².